The van der Waals surface area contributed by atoms with Gasteiger partial charge in [-0.2, -0.15) is 0 Å². The number of oxazole rings is 1. The molecule has 0 fully saturated rings. The molecule has 0 atom stereocenters. The first-order valence-corrected chi connectivity index (χ1v) is 6.55. The Morgan fingerprint density at radius 2 is 1.96 bits per heavy atom. The number of esters is 1. The molecule has 0 unspecified atom stereocenters. The van der Waals surface area contributed by atoms with Crippen LogP contribution in [0.2, 0.25) is 0 Å². The lowest BCUT2D eigenvalue weighted by molar-refractivity contribution is -0.402. The zero-order chi connectivity index (χ0) is 16.2. The minimum Gasteiger partial charge on any atom is -0.450 e. The largest absolute Gasteiger partial charge is 0.450 e. The summed E-state index contributed by atoms with van der Waals surface area (Å²) < 4.78 is 15.2. The van der Waals surface area contributed by atoms with E-state index in [4.69, 9.17) is 13.6 Å². The van der Waals surface area contributed by atoms with E-state index in [0.717, 1.165) is 11.6 Å². The molecule has 0 amide bonds. The topological polar surface area (TPSA) is 109 Å². The van der Waals surface area contributed by atoms with E-state index in [2.05, 4.69) is 4.98 Å². The SMILES string of the molecule is O=C(OCc1ncc(-c2ccccc2)o1)c1ccc([N+](=O)[O-])o1. The summed E-state index contributed by atoms with van der Waals surface area (Å²) in [5.41, 5.74) is 0.847. The van der Waals surface area contributed by atoms with Gasteiger partial charge in [-0.25, -0.2) is 9.78 Å². The van der Waals surface area contributed by atoms with Crippen molar-refractivity contribution in [1.29, 1.82) is 0 Å². The van der Waals surface area contributed by atoms with Crippen LogP contribution in [-0.2, 0) is 11.3 Å². The second-order valence-corrected chi connectivity index (χ2v) is 4.46. The Morgan fingerprint density at radius 3 is 2.65 bits per heavy atom. The first-order valence-electron chi connectivity index (χ1n) is 6.55. The summed E-state index contributed by atoms with van der Waals surface area (Å²) in [7, 11) is 0. The number of carbonyl (C=O) groups excluding carboxylic acids is 1. The van der Waals surface area contributed by atoms with Crippen LogP contribution < -0.4 is 0 Å². The van der Waals surface area contributed by atoms with Gasteiger partial charge in [0.15, 0.2) is 12.4 Å². The normalized spacial score (nSPS) is 10.4. The molecule has 0 radical (unpaired) electrons. The second kappa shape index (κ2) is 6.14. The van der Waals surface area contributed by atoms with Gasteiger partial charge in [-0.1, -0.05) is 30.3 Å². The molecule has 0 saturated heterocycles. The van der Waals surface area contributed by atoms with Crippen LogP contribution >= 0.6 is 0 Å². The number of hydrogen-bond acceptors (Lipinski definition) is 7. The fourth-order valence-corrected chi connectivity index (χ4v) is 1.85. The summed E-state index contributed by atoms with van der Waals surface area (Å²) in [6, 6.07) is 11.6. The van der Waals surface area contributed by atoms with Crippen molar-refractivity contribution in [2.75, 3.05) is 0 Å². The molecule has 2 aromatic heterocycles. The lowest BCUT2D eigenvalue weighted by atomic mass is 10.2. The van der Waals surface area contributed by atoms with Gasteiger partial charge in [0, 0.05) is 5.56 Å². The summed E-state index contributed by atoms with van der Waals surface area (Å²) in [6.07, 6.45) is 1.52. The van der Waals surface area contributed by atoms with Crippen LogP contribution in [0.25, 0.3) is 11.3 Å². The van der Waals surface area contributed by atoms with Gasteiger partial charge in [-0.15, -0.1) is 0 Å². The zero-order valence-electron chi connectivity index (χ0n) is 11.7. The minimum atomic E-state index is -0.836. The van der Waals surface area contributed by atoms with Gasteiger partial charge >= 0.3 is 11.9 Å². The van der Waals surface area contributed by atoms with E-state index in [-0.39, 0.29) is 18.3 Å². The summed E-state index contributed by atoms with van der Waals surface area (Å²) in [5, 5.41) is 10.5. The maximum absolute atomic E-state index is 11.7. The smallest absolute Gasteiger partial charge is 0.433 e. The lowest BCUT2D eigenvalue weighted by Gasteiger charge is -1.99. The monoisotopic (exact) mass is 314 g/mol. The van der Waals surface area contributed by atoms with Crippen molar-refractivity contribution in [2.24, 2.45) is 0 Å². The van der Waals surface area contributed by atoms with Gasteiger partial charge in [0.25, 0.3) is 0 Å². The van der Waals surface area contributed by atoms with E-state index in [1.54, 1.807) is 0 Å². The highest BCUT2D eigenvalue weighted by Gasteiger charge is 2.19. The Labute approximate surface area is 129 Å². The quantitative estimate of drug-likeness (QED) is 0.404. The molecule has 0 bridgehead atoms. The molecule has 8 nitrogen and oxygen atoms in total. The Bertz CT molecular complexity index is 837. The van der Waals surface area contributed by atoms with E-state index >= 15 is 0 Å². The van der Waals surface area contributed by atoms with Crippen molar-refractivity contribution >= 4 is 11.9 Å². The van der Waals surface area contributed by atoms with E-state index in [0.29, 0.717) is 5.76 Å². The second-order valence-electron chi connectivity index (χ2n) is 4.46. The molecule has 0 aliphatic rings. The van der Waals surface area contributed by atoms with Crippen molar-refractivity contribution in [1.82, 2.24) is 4.98 Å². The number of nitrogens with zero attached hydrogens (tertiary/aromatic N) is 2. The molecule has 0 N–H and O–H groups in total. The van der Waals surface area contributed by atoms with Crippen LogP contribution in [0.5, 0.6) is 0 Å². The number of hydrogen-bond donors (Lipinski definition) is 0. The van der Waals surface area contributed by atoms with Crippen molar-refractivity contribution in [2.45, 2.75) is 6.61 Å². The van der Waals surface area contributed by atoms with Crippen LogP contribution in [0.3, 0.4) is 0 Å². The summed E-state index contributed by atoms with van der Waals surface area (Å²) in [5.74, 6) is -0.868. The van der Waals surface area contributed by atoms with Crippen LogP contribution in [0.4, 0.5) is 5.88 Å². The van der Waals surface area contributed by atoms with Gasteiger partial charge in [0.05, 0.1) is 12.3 Å². The Kier molecular flexibility index (Phi) is 3.88. The van der Waals surface area contributed by atoms with Gasteiger partial charge in [-0.05, 0) is 6.07 Å². The number of aromatic nitrogens is 1. The molecular weight excluding hydrogens is 304 g/mol. The highest BCUT2D eigenvalue weighted by molar-refractivity contribution is 5.86. The molecule has 3 rings (SSSR count). The van der Waals surface area contributed by atoms with Gasteiger partial charge < -0.3 is 13.6 Å². The molecule has 1 aromatic carbocycles. The van der Waals surface area contributed by atoms with Gasteiger partial charge in [0.2, 0.25) is 11.7 Å². The first-order chi connectivity index (χ1) is 11.1. The van der Waals surface area contributed by atoms with E-state index in [1.807, 2.05) is 30.3 Å². The maximum atomic E-state index is 11.7. The third-order valence-electron chi connectivity index (χ3n) is 2.91. The van der Waals surface area contributed by atoms with Crippen LogP contribution in [-0.4, -0.2) is 15.9 Å². The number of rotatable bonds is 5. The van der Waals surface area contributed by atoms with Gasteiger partial charge in [-0.3, -0.25) is 10.1 Å². The molecule has 23 heavy (non-hydrogen) atoms. The predicted octanol–water partition coefficient (Wildman–Crippen LogP) is 3.20. The molecular formula is C15H10N2O6. The summed E-state index contributed by atoms with van der Waals surface area (Å²) in [6.45, 7) is -0.208. The van der Waals surface area contributed by atoms with Crippen molar-refractivity contribution < 1.29 is 23.3 Å². The molecule has 0 aliphatic carbocycles. The third kappa shape index (κ3) is 3.26. The standard InChI is InChI=1S/C15H10N2O6/c18-15(11-6-7-14(23-11)17(19)20)21-9-13-16-8-12(22-13)10-4-2-1-3-5-10/h1-8H,9H2. The average Bonchev–Trinajstić information content (AvgIpc) is 3.23. The Morgan fingerprint density at radius 1 is 1.17 bits per heavy atom. The lowest BCUT2D eigenvalue weighted by Crippen LogP contribution is -2.04. The highest BCUT2D eigenvalue weighted by Crippen LogP contribution is 2.21. The van der Waals surface area contributed by atoms with E-state index < -0.39 is 16.8 Å². The van der Waals surface area contributed by atoms with E-state index in [9.17, 15) is 14.9 Å². The molecule has 8 heteroatoms. The summed E-state index contributed by atoms with van der Waals surface area (Å²) in [4.78, 5) is 25.5. The molecule has 0 spiro atoms. The number of nitro groups is 1. The number of carbonyl (C=O) groups is 1. The van der Waals surface area contributed by atoms with Crippen LogP contribution in [0.1, 0.15) is 16.4 Å². The highest BCUT2D eigenvalue weighted by atomic mass is 16.7. The van der Waals surface area contributed by atoms with Crippen LogP contribution in [0.15, 0.2) is 57.5 Å². The molecule has 0 saturated carbocycles. The number of benzene rings is 1. The van der Waals surface area contributed by atoms with Crippen LogP contribution in [0, 0.1) is 10.1 Å². The maximum Gasteiger partial charge on any atom is 0.433 e. The fourth-order valence-electron chi connectivity index (χ4n) is 1.85. The molecule has 2 heterocycles. The first kappa shape index (κ1) is 14.5. The third-order valence-corrected chi connectivity index (χ3v) is 2.91. The van der Waals surface area contributed by atoms with Gasteiger partial charge in [0.1, 0.15) is 4.92 Å². The molecule has 3 aromatic rings. The average molecular weight is 314 g/mol. The minimum absolute atomic E-state index is 0.207. The fraction of sp³-hybridized carbons (Fsp3) is 0.0667. The van der Waals surface area contributed by atoms with Crippen molar-refractivity contribution in [3.63, 3.8) is 0 Å². The summed E-state index contributed by atoms with van der Waals surface area (Å²) >= 11 is 0. The zero-order valence-corrected chi connectivity index (χ0v) is 11.7. The van der Waals surface area contributed by atoms with Crippen molar-refractivity contribution in [3.05, 3.63) is 70.4 Å². The predicted molar refractivity (Wildman–Crippen MR) is 76.4 cm³/mol. The van der Waals surface area contributed by atoms with Crippen molar-refractivity contribution in [3.8, 4) is 11.3 Å². The number of furan rings is 1. The molecule has 116 valence electrons. The molecule has 0 aliphatic heterocycles. The number of ether oxygens (including phenoxy) is 1. The Hall–Kier alpha value is -3.42. The Balaban J connectivity index is 1.63. The van der Waals surface area contributed by atoms with E-state index in [1.165, 1.54) is 12.3 Å².